The number of hydrogen-bond donors (Lipinski definition) is 4. The molecule has 0 spiro atoms. The van der Waals surface area contributed by atoms with E-state index in [4.69, 9.17) is 19.7 Å². The monoisotopic (exact) mass is 275 g/mol. The fraction of sp³-hybridized carbons (Fsp3) is 0.636. The van der Waals surface area contributed by atoms with Gasteiger partial charge in [0.05, 0.1) is 6.61 Å². The van der Waals surface area contributed by atoms with Crippen LogP contribution in [0.1, 0.15) is 13.3 Å². The molecule has 1 rings (SSSR count). The second-order valence-electron chi connectivity index (χ2n) is 3.99. The summed E-state index contributed by atoms with van der Waals surface area (Å²) in [5.41, 5.74) is 0. The summed E-state index contributed by atoms with van der Waals surface area (Å²) in [5, 5.41) is 29.7. The highest BCUT2D eigenvalue weighted by atomic mass is 16.7. The van der Waals surface area contributed by atoms with Crippen LogP contribution in [-0.2, 0) is 19.1 Å². The van der Waals surface area contributed by atoms with Crippen LogP contribution in [0.3, 0.4) is 0 Å². The number of rotatable bonds is 6. The van der Waals surface area contributed by atoms with Crippen molar-refractivity contribution >= 4 is 11.9 Å². The number of carbonyl (C=O) groups excluding carboxylic acids is 1. The summed E-state index contributed by atoms with van der Waals surface area (Å²) in [6, 6.07) is -0.903. The fourth-order valence-corrected chi connectivity index (χ4v) is 1.57. The summed E-state index contributed by atoms with van der Waals surface area (Å²) in [7, 11) is 0. The number of aliphatic hydroxyl groups excluding tert-OH is 2. The van der Waals surface area contributed by atoms with E-state index in [9.17, 15) is 14.7 Å². The van der Waals surface area contributed by atoms with E-state index in [0.717, 1.165) is 6.08 Å². The lowest BCUT2D eigenvalue weighted by molar-refractivity contribution is -0.175. The molecule has 1 heterocycles. The van der Waals surface area contributed by atoms with Gasteiger partial charge in [0.15, 0.2) is 0 Å². The Morgan fingerprint density at radius 3 is 2.74 bits per heavy atom. The molecule has 19 heavy (non-hydrogen) atoms. The van der Waals surface area contributed by atoms with Crippen LogP contribution in [0.15, 0.2) is 11.8 Å². The van der Waals surface area contributed by atoms with Crippen molar-refractivity contribution in [3.63, 3.8) is 0 Å². The van der Waals surface area contributed by atoms with E-state index in [1.165, 1.54) is 6.92 Å². The third-order valence-corrected chi connectivity index (χ3v) is 2.39. The predicted octanol–water partition coefficient (Wildman–Crippen LogP) is -1.42. The molecule has 0 saturated heterocycles. The fourth-order valence-electron chi connectivity index (χ4n) is 1.57. The predicted molar refractivity (Wildman–Crippen MR) is 61.9 cm³/mol. The average molecular weight is 275 g/mol. The highest BCUT2D eigenvalue weighted by Gasteiger charge is 2.37. The maximum Gasteiger partial charge on any atom is 0.371 e. The Balaban J connectivity index is 2.78. The van der Waals surface area contributed by atoms with Gasteiger partial charge in [-0.05, 0) is 12.5 Å². The van der Waals surface area contributed by atoms with E-state index < -0.39 is 36.1 Å². The van der Waals surface area contributed by atoms with Gasteiger partial charge < -0.3 is 30.1 Å². The van der Waals surface area contributed by atoms with Gasteiger partial charge in [0.25, 0.3) is 0 Å². The Morgan fingerprint density at radius 2 is 2.21 bits per heavy atom. The first-order chi connectivity index (χ1) is 8.95. The summed E-state index contributed by atoms with van der Waals surface area (Å²) in [6.07, 6.45) is -1.03. The lowest BCUT2D eigenvalue weighted by Gasteiger charge is -2.33. The first-order valence-corrected chi connectivity index (χ1v) is 5.75. The zero-order chi connectivity index (χ0) is 14.4. The molecule has 1 aliphatic rings. The molecule has 0 aromatic carbocycles. The van der Waals surface area contributed by atoms with Crippen molar-refractivity contribution in [2.75, 3.05) is 13.2 Å². The molecule has 0 aromatic heterocycles. The molecule has 1 amide bonds. The third kappa shape index (κ3) is 4.51. The smallest absolute Gasteiger partial charge is 0.371 e. The molecule has 0 aliphatic carbocycles. The van der Waals surface area contributed by atoms with E-state index in [-0.39, 0.29) is 13.2 Å². The van der Waals surface area contributed by atoms with Crippen LogP contribution in [-0.4, -0.2) is 58.8 Å². The van der Waals surface area contributed by atoms with E-state index in [1.807, 2.05) is 0 Å². The molecule has 0 aromatic rings. The number of carboxylic acids is 1. The first kappa shape index (κ1) is 15.4. The Kier molecular flexibility index (Phi) is 5.74. The minimum atomic E-state index is -1.34. The molecule has 3 atom stereocenters. The molecule has 0 saturated carbocycles. The maximum atomic E-state index is 11.0. The number of carbonyl (C=O) groups is 2. The van der Waals surface area contributed by atoms with Gasteiger partial charge in [-0.3, -0.25) is 4.79 Å². The van der Waals surface area contributed by atoms with Gasteiger partial charge in [-0.15, -0.1) is 0 Å². The maximum absolute atomic E-state index is 11.0. The number of aliphatic carboxylic acids is 1. The lowest BCUT2D eigenvalue weighted by Crippen LogP contribution is -2.54. The Bertz CT molecular complexity index is 368. The number of amides is 1. The quantitative estimate of drug-likeness (QED) is 0.438. The van der Waals surface area contributed by atoms with Crippen molar-refractivity contribution < 1.29 is 34.4 Å². The van der Waals surface area contributed by atoms with Crippen molar-refractivity contribution in [1.82, 2.24) is 5.32 Å². The molecular formula is C11H17NO7. The van der Waals surface area contributed by atoms with Crippen molar-refractivity contribution in [3.8, 4) is 0 Å². The van der Waals surface area contributed by atoms with Gasteiger partial charge in [-0.2, -0.15) is 0 Å². The largest absolute Gasteiger partial charge is 0.475 e. The van der Waals surface area contributed by atoms with Gasteiger partial charge in [0.1, 0.15) is 12.1 Å². The SMILES string of the molecule is CC(=O)N[C@H]1[C@@H](OCCCO)OC(C(=O)O)=C[C@H]1O. The minimum absolute atomic E-state index is 0.0955. The van der Waals surface area contributed by atoms with Crippen LogP contribution in [0.4, 0.5) is 0 Å². The molecule has 0 bridgehead atoms. The first-order valence-electron chi connectivity index (χ1n) is 5.75. The van der Waals surface area contributed by atoms with Crippen LogP contribution >= 0.6 is 0 Å². The average Bonchev–Trinajstić information content (AvgIpc) is 2.32. The molecule has 0 fully saturated rings. The van der Waals surface area contributed by atoms with Crippen LogP contribution in [0.5, 0.6) is 0 Å². The molecule has 8 heteroatoms. The van der Waals surface area contributed by atoms with Crippen LogP contribution in [0.2, 0.25) is 0 Å². The van der Waals surface area contributed by atoms with E-state index >= 15 is 0 Å². The summed E-state index contributed by atoms with van der Waals surface area (Å²) in [4.78, 5) is 21.9. The van der Waals surface area contributed by atoms with E-state index in [0.29, 0.717) is 6.42 Å². The van der Waals surface area contributed by atoms with Crippen LogP contribution in [0.25, 0.3) is 0 Å². The van der Waals surface area contributed by atoms with Crippen LogP contribution < -0.4 is 5.32 Å². The van der Waals surface area contributed by atoms with E-state index in [1.54, 1.807) is 0 Å². The summed E-state index contributed by atoms with van der Waals surface area (Å²) >= 11 is 0. The van der Waals surface area contributed by atoms with Gasteiger partial charge >= 0.3 is 5.97 Å². The second kappa shape index (κ2) is 7.07. The van der Waals surface area contributed by atoms with Gasteiger partial charge in [0.2, 0.25) is 18.0 Å². The summed E-state index contributed by atoms with van der Waals surface area (Å²) in [5.74, 6) is -2.19. The van der Waals surface area contributed by atoms with Crippen molar-refractivity contribution in [1.29, 1.82) is 0 Å². The second-order valence-corrected chi connectivity index (χ2v) is 3.99. The standard InChI is InChI=1S/C11H17NO7/c1-6(14)12-9-7(15)5-8(10(16)17)19-11(9)18-4-2-3-13/h5,7,9,11,13,15H,2-4H2,1H3,(H,12,14)(H,16,17)/t7-,9-,11+/m1/s1. The molecular weight excluding hydrogens is 258 g/mol. The molecule has 0 radical (unpaired) electrons. The van der Waals surface area contributed by atoms with Gasteiger partial charge in [0, 0.05) is 13.5 Å². The highest BCUT2D eigenvalue weighted by Crippen LogP contribution is 2.19. The van der Waals surface area contributed by atoms with Gasteiger partial charge in [-0.25, -0.2) is 4.79 Å². The normalized spacial score (nSPS) is 26.3. The van der Waals surface area contributed by atoms with Crippen molar-refractivity contribution in [3.05, 3.63) is 11.8 Å². The third-order valence-electron chi connectivity index (χ3n) is 2.39. The topological polar surface area (TPSA) is 125 Å². The number of hydrogen-bond acceptors (Lipinski definition) is 6. The molecule has 0 unspecified atom stereocenters. The van der Waals surface area contributed by atoms with Gasteiger partial charge in [-0.1, -0.05) is 0 Å². The Hall–Kier alpha value is -1.64. The summed E-state index contributed by atoms with van der Waals surface area (Å²) < 4.78 is 10.3. The highest BCUT2D eigenvalue weighted by molar-refractivity contribution is 5.84. The number of aliphatic hydroxyl groups is 2. The van der Waals surface area contributed by atoms with Crippen LogP contribution in [0, 0.1) is 0 Å². The zero-order valence-electron chi connectivity index (χ0n) is 10.4. The zero-order valence-corrected chi connectivity index (χ0v) is 10.4. The van der Waals surface area contributed by atoms with E-state index in [2.05, 4.69) is 5.32 Å². The number of ether oxygens (including phenoxy) is 2. The number of carboxylic acid groups (broad SMARTS) is 1. The Labute approximate surface area is 109 Å². The van der Waals surface area contributed by atoms with Crippen molar-refractivity contribution in [2.45, 2.75) is 31.8 Å². The molecule has 1 aliphatic heterocycles. The molecule has 108 valence electrons. The number of nitrogens with one attached hydrogen (secondary N) is 1. The molecule has 8 nitrogen and oxygen atoms in total. The molecule has 4 N–H and O–H groups in total. The minimum Gasteiger partial charge on any atom is -0.475 e. The lowest BCUT2D eigenvalue weighted by atomic mass is 10.1. The van der Waals surface area contributed by atoms with Crippen molar-refractivity contribution in [2.24, 2.45) is 0 Å². The Morgan fingerprint density at radius 1 is 1.53 bits per heavy atom. The summed E-state index contributed by atoms with van der Waals surface area (Å²) in [6.45, 7) is 1.27.